The molecule has 1 aromatic carbocycles. The van der Waals surface area contributed by atoms with Gasteiger partial charge in [0.25, 0.3) is 0 Å². The zero-order valence-corrected chi connectivity index (χ0v) is 12.2. The number of benzene rings is 1. The van der Waals surface area contributed by atoms with E-state index in [9.17, 15) is 17.2 Å². The molecule has 1 heterocycles. The van der Waals surface area contributed by atoms with E-state index in [2.05, 4.69) is 14.8 Å². The van der Waals surface area contributed by atoms with Gasteiger partial charge >= 0.3 is 6.61 Å². The quantitative estimate of drug-likeness (QED) is 0.841. The molecule has 1 aliphatic heterocycles. The SMILES string of the molecule is O=S(=O)(CC1CCNCC1)Nc1ccc(OC(F)F)cc1. The van der Waals surface area contributed by atoms with E-state index in [1.54, 1.807) is 0 Å². The van der Waals surface area contributed by atoms with Gasteiger partial charge in [0.1, 0.15) is 5.75 Å². The van der Waals surface area contributed by atoms with Crippen LogP contribution in [0.1, 0.15) is 12.8 Å². The molecule has 0 atom stereocenters. The molecule has 21 heavy (non-hydrogen) atoms. The third kappa shape index (κ3) is 5.47. The molecule has 1 saturated heterocycles. The second kappa shape index (κ2) is 7.04. The highest BCUT2D eigenvalue weighted by Gasteiger charge is 2.21. The van der Waals surface area contributed by atoms with Gasteiger partial charge in [-0.1, -0.05) is 0 Å². The Balaban J connectivity index is 1.92. The van der Waals surface area contributed by atoms with Gasteiger partial charge in [-0.15, -0.1) is 0 Å². The van der Waals surface area contributed by atoms with E-state index < -0.39 is 16.6 Å². The van der Waals surface area contributed by atoms with Crippen molar-refractivity contribution < 1.29 is 21.9 Å². The first-order valence-electron chi connectivity index (χ1n) is 6.71. The van der Waals surface area contributed by atoms with E-state index in [0.29, 0.717) is 5.69 Å². The fourth-order valence-corrected chi connectivity index (χ4v) is 3.82. The number of anilines is 1. The van der Waals surface area contributed by atoms with Crippen molar-refractivity contribution in [2.75, 3.05) is 23.6 Å². The van der Waals surface area contributed by atoms with Crippen LogP contribution in [0.15, 0.2) is 24.3 Å². The predicted octanol–water partition coefficient (Wildman–Crippen LogP) is 2.03. The number of ether oxygens (including phenoxy) is 1. The highest BCUT2D eigenvalue weighted by molar-refractivity contribution is 7.92. The minimum atomic E-state index is -3.44. The first kappa shape index (κ1) is 16.0. The number of halogens is 2. The van der Waals surface area contributed by atoms with Crippen molar-refractivity contribution in [2.45, 2.75) is 19.5 Å². The van der Waals surface area contributed by atoms with Crippen LogP contribution < -0.4 is 14.8 Å². The Kier molecular flexibility index (Phi) is 5.35. The summed E-state index contributed by atoms with van der Waals surface area (Å²) in [4.78, 5) is 0. The van der Waals surface area contributed by atoms with Crippen molar-refractivity contribution >= 4 is 15.7 Å². The van der Waals surface area contributed by atoms with Crippen LogP contribution in [-0.2, 0) is 10.0 Å². The number of hydrogen-bond acceptors (Lipinski definition) is 4. The van der Waals surface area contributed by atoms with E-state index in [4.69, 9.17) is 0 Å². The van der Waals surface area contributed by atoms with Gasteiger partial charge < -0.3 is 10.1 Å². The normalized spacial score (nSPS) is 16.9. The van der Waals surface area contributed by atoms with Crippen LogP contribution in [-0.4, -0.2) is 33.9 Å². The lowest BCUT2D eigenvalue weighted by Gasteiger charge is -2.22. The lowest BCUT2D eigenvalue weighted by atomic mass is 10.0. The molecule has 1 aromatic rings. The summed E-state index contributed by atoms with van der Waals surface area (Å²) in [5.41, 5.74) is 0.338. The van der Waals surface area contributed by atoms with E-state index in [0.717, 1.165) is 25.9 Å². The van der Waals surface area contributed by atoms with Crippen molar-refractivity contribution in [3.05, 3.63) is 24.3 Å². The Bertz CT molecular complexity index is 543. The maximum Gasteiger partial charge on any atom is 0.387 e. The van der Waals surface area contributed by atoms with E-state index >= 15 is 0 Å². The zero-order chi connectivity index (χ0) is 15.3. The average molecular weight is 320 g/mol. The second-order valence-electron chi connectivity index (χ2n) is 4.98. The molecular weight excluding hydrogens is 302 g/mol. The molecule has 0 radical (unpaired) electrons. The Hall–Kier alpha value is -1.41. The maximum absolute atomic E-state index is 12.0. The van der Waals surface area contributed by atoms with Gasteiger partial charge in [-0.2, -0.15) is 8.78 Å². The Morgan fingerprint density at radius 3 is 2.43 bits per heavy atom. The molecule has 0 bridgehead atoms. The molecule has 0 amide bonds. The van der Waals surface area contributed by atoms with Crippen LogP contribution in [0.2, 0.25) is 0 Å². The monoisotopic (exact) mass is 320 g/mol. The third-order valence-corrected chi connectivity index (χ3v) is 4.72. The second-order valence-corrected chi connectivity index (χ2v) is 6.75. The molecule has 0 spiro atoms. The van der Waals surface area contributed by atoms with Gasteiger partial charge in [0.05, 0.1) is 5.75 Å². The number of nitrogens with one attached hydrogen (secondary N) is 2. The minimum absolute atomic E-state index is 0.00805. The average Bonchev–Trinajstić information content (AvgIpc) is 2.40. The maximum atomic E-state index is 12.0. The lowest BCUT2D eigenvalue weighted by Crippen LogP contribution is -2.33. The first-order valence-corrected chi connectivity index (χ1v) is 8.36. The van der Waals surface area contributed by atoms with Crippen LogP contribution in [0.5, 0.6) is 5.75 Å². The largest absolute Gasteiger partial charge is 0.435 e. The Morgan fingerprint density at radius 1 is 1.24 bits per heavy atom. The fourth-order valence-electron chi connectivity index (χ4n) is 2.28. The zero-order valence-electron chi connectivity index (χ0n) is 11.4. The van der Waals surface area contributed by atoms with E-state index in [1.807, 2.05) is 0 Å². The number of alkyl halides is 2. The van der Waals surface area contributed by atoms with Gasteiger partial charge in [0, 0.05) is 5.69 Å². The summed E-state index contributed by atoms with van der Waals surface area (Å²) in [5, 5.41) is 3.18. The summed E-state index contributed by atoms with van der Waals surface area (Å²) in [6, 6.07) is 5.40. The van der Waals surface area contributed by atoms with Crippen molar-refractivity contribution in [1.29, 1.82) is 0 Å². The number of sulfonamides is 1. The van der Waals surface area contributed by atoms with E-state index in [1.165, 1.54) is 24.3 Å². The van der Waals surface area contributed by atoms with Crippen molar-refractivity contribution in [3.63, 3.8) is 0 Å². The van der Waals surface area contributed by atoms with Gasteiger partial charge in [0.15, 0.2) is 0 Å². The Labute approximate surface area is 122 Å². The summed E-state index contributed by atoms with van der Waals surface area (Å²) >= 11 is 0. The molecule has 1 aliphatic rings. The number of hydrogen-bond donors (Lipinski definition) is 2. The molecule has 0 aliphatic carbocycles. The molecule has 2 rings (SSSR count). The van der Waals surface area contributed by atoms with Gasteiger partial charge in [0.2, 0.25) is 10.0 Å². The topological polar surface area (TPSA) is 67.4 Å². The molecule has 1 fully saturated rings. The third-order valence-electron chi connectivity index (χ3n) is 3.27. The molecule has 5 nitrogen and oxygen atoms in total. The molecular formula is C13H18F2N2O3S. The lowest BCUT2D eigenvalue weighted by molar-refractivity contribution is -0.0498. The summed E-state index contributed by atoms with van der Waals surface area (Å²) < 4.78 is 54.8. The van der Waals surface area contributed by atoms with Crippen LogP contribution >= 0.6 is 0 Å². The molecule has 0 saturated carbocycles. The molecule has 2 N–H and O–H groups in total. The minimum Gasteiger partial charge on any atom is -0.435 e. The van der Waals surface area contributed by atoms with E-state index in [-0.39, 0.29) is 17.4 Å². The predicted molar refractivity (Wildman–Crippen MR) is 76.1 cm³/mol. The number of rotatable bonds is 6. The highest BCUT2D eigenvalue weighted by Crippen LogP contribution is 2.20. The molecule has 118 valence electrons. The van der Waals surface area contributed by atoms with Crippen molar-refractivity contribution in [1.82, 2.24) is 5.32 Å². The van der Waals surface area contributed by atoms with Gasteiger partial charge in [-0.05, 0) is 56.1 Å². The van der Waals surface area contributed by atoms with Gasteiger partial charge in [-0.25, -0.2) is 8.42 Å². The number of piperidine rings is 1. The summed E-state index contributed by atoms with van der Waals surface area (Å²) in [5.74, 6) is 0.209. The molecule has 0 unspecified atom stereocenters. The highest BCUT2D eigenvalue weighted by atomic mass is 32.2. The standard InChI is InChI=1S/C13H18F2N2O3S/c14-13(15)20-12-3-1-11(2-4-12)17-21(18,19)9-10-5-7-16-8-6-10/h1-4,10,13,16-17H,5-9H2. The Morgan fingerprint density at radius 2 is 1.86 bits per heavy atom. The van der Waals surface area contributed by atoms with Crippen LogP contribution in [0.4, 0.5) is 14.5 Å². The van der Waals surface area contributed by atoms with Crippen LogP contribution in [0.3, 0.4) is 0 Å². The summed E-state index contributed by atoms with van der Waals surface area (Å²) in [6.45, 7) is -1.23. The fraction of sp³-hybridized carbons (Fsp3) is 0.538. The molecule has 8 heteroatoms. The van der Waals surface area contributed by atoms with Crippen molar-refractivity contribution in [2.24, 2.45) is 5.92 Å². The van der Waals surface area contributed by atoms with Gasteiger partial charge in [-0.3, -0.25) is 4.72 Å². The first-order chi connectivity index (χ1) is 9.94. The summed E-state index contributed by atoms with van der Waals surface area (Å²) in [7, 11) is -3.44. The smallest absolute Gasteiger partial charge is 0.387 e. The van der Waals surface area contributed by atoms with Crippen molar-refractivity contribution in [3.8, 4) is 5.75 Å². The summed E-state index contributed by atoms with van der Waals surface area (Å²) in [6.07, 6.45) is 1.67. The van der Waals surface area contributed by atoms with Crippen LogP contribution in [0.25, 0.3) is 0 Å². The molecule has 0 aromatic heterocycles. The van der Waals surface area contributed by atoms with Crippen LogP contribution in [0, 0.1) is 5.92 Å².